The van der Waals surface area contributed by atoms with Gasteiger partial charge in [0.15, 0.2) is 4.75 Å². The number of sulfonamides is 1. The van der Waals surface area contributed by atoms with Gasteiger partial charge in [0.2, 0.25) is 0 Å². The van der Waals surface area contributed by atoms with E-state index in [0.29, 0.717) is 6.42 Å². The maximum Gasteiger partial charge on any atom is 0.258 e. The fraction of sp³-hybridized carbons (Fsp3) is 0.857. The van der Waals surface area contributed by atoms with E-state index >= 15 is 0 Å². The maximum atomic E-state index is 11.4. The molecule has 0 aliphatic carbocycles. The Morgan fingerprint density at radius 2 is 2.00 bits per heavy atom. The Morgan fingerprint density at radius 3 is 2.38 bits per heavy atom. The molecule has 1 rings (SSSR count). The Kier molecular flexibility index (Phi) is 2.38. The molecule has 0 aromatic heterocycles. The molecule has 1 aliphatic heterocycles. The van der Waals surface area contributed by atoms with E-state index in [1.807, 2.05) is 0 Å². The van der Waals surface area contributed by atoms with Gasteiger partial charge in [-0.25, -0.2) is 12.7 Å². The van der Waals surface area contributed by atoms with Gasteiger partial charge in [-0.3, -0.25) is 4.79 Å². The number of hydrogen-bond acceptors (Lipinski definition) is 4. The fourth-order valence-electron chi connectivity index (χ4n) is 1.19. The van der Waals surface area contributed by atoms with Crippen LogP contribution in [0.4, 0.5) is 0 Å². The summed E-state index contributed by atoms with van der Waals surface area (Å²) in [5.41, 5.74) is 0. The van der Waals surface area contributed by atoms with E-state index in [2.05, 4.69) is 0 Å². The monoisotopic (exact) mass is 207 g/mol. The van der Waals surface area contributed by atoms with Crippen molar-refractivity contribution in [1.82, 2.24) is 4.31 Å². The Morgan fingerprint density at radius 1 is 1.46 bits per heavy atom. The van der Waals surface area contributed by atoms with E-state index in [0.717, 1.165) is 4.31 Å². The molecule has 0 saturated carbocycles. The Labute approximate surface area is 77.4 Å². The molecule has 13 heavy (non-hydrogen) atoms. The second kappa shape index (κ2) is 2.95. The SMILES string of the molecule is CC1(C)C(=O)N(CCCO)S1(=O)=O. The van der Waals surface area contributed by atoms with Gasteiger partial charge < -0.3 is 5.11 Å². The van der Waals surface area contributed by atoms with Crippen LogP contribution in [0.1, 0.15) is 20.3 Å². The standard InChI is InChI=1S/C7H13NO4S/c1-7(2)6(10)8(4-3-5-9)13(7,11)12/h9H,3-5H2,1-2H3. The van der Waals surface area contributed by atoms with Crippen molar-refractivity contribution in [2.24, 2.45) is 0 Å². The van der Waals surface area contributed by atoms with Gasteiger partial charge in [-0.1, -0.05) is 0 Å². The van der Waals surface area contributed by atoms with Gasteiger partial charge in [0.25, 0.3) is 15.9 Å². The third-order valence-electron chi connectivity index (χ3n) is 2.20. The van der Waals surface area contributed by atoms with Crippen LogP contribution in [0.5, 0.6) is 0 Å². The van der Waals surface area contributed by atoms with E-state index in [-0.39, 0.29) is 19.1 Å². The molecule has 1 saturated heterocycles. The molecule has 6 heteroatoms. The summed E-state index contributed by atoms with van der Waals surface area (Å²) in [5.74, 6) is -0.388. The quantitative estimate of drug-likeness (QED) is 0.665. The van der Waals surface area contributed by atoms with Gasteiger partial charge in [-0.2, -0.15) is 0 Å². The predicted molar refractivity (Wildman–Crippen MR) is 46.4 cm³/mol. The van der Waals surface area contributed by atoms with Crippen molar-refractivity contribution in [2.75, 3.05) is 13.2 Å². The Hall–Kier alpha value is -0.620. The van der Waals surface area contributed by atoms with Crippen molar-refractivity contribution in [3.63, 3.8) is 0 Å². The molecule has 76 valence electrons. The highest BCUT2D eigenvalue weighted by Gasteiger charge is 2.59. The zero-order valence-electron chi connectivity index (χ0n) is 7.65. The molecular formula is C7H13NO4S. The summed E-state index contributed by atoms with van der Waals surface area (Å²) in [6.45, 7) is 2.75. The first-order chi connectivity index (χ1) is 5.85. The highest BCUT2D eigenvalue weighted by atomic mass is 32.2. The van der Waals surface area contributed by atoms with Gasteiger partial charge in [0.05, 0.1) is 0 Å². The van der Waals surface area contributed by atoms with Crippen molar-refractivity contribution < 1.29 is 18.3 Å². The summed E-state index contributed by atoms with van der Waals surface area (Å²) in [4.78, 5) is 11.3. The molecule has 0 unspecified atom stereocenters. The van der Waals surface area contributed by atoms with E-state index in [1.165, 1.54) is 13.8 Å². The highest BCUT2D eigenvalue weighted by molar-refractivity contribution is 7.94. The molecular weight excluding hydrogens is 194 g/mol. The normalized spacial score (nSPS) is 24.2. The maximum absolute atomic E-state index is 11.4. The van der Waals surface area contributed by atoms with Crippen LogP contribution in [-0.2, 0) is 14.8 Å². The van der Waals surface area contributed by atoms with E-state index in [4.69, 9.17) is 5.11 Å². The van der Waals surface area contributed by atoms with Crippen molar-refractivity contribution in [1.29, 1.82) is 0 Å². The Bertz CT molecular complexity index is 319. The lowest BCUT2D eigenvalue weighted by Gasteiger charge is -2.42. The number of carbonyl (C=O) groups is 1. The van der Waals surface area contributed by atoms with Gasteiger partial charge in [-0.05, 0) is 20.3 Å². The van der Waals surface area contributed by atoms with Gasteiger partial charge >= 0.3 is 0 Å². The molecule has 0 radical (unpaired) electrons. The van der Waals surface area contributed by atoms with Crippen LogP contribution in [0.3, 0.4) is 0 Å². The number of rotatable bonds is 3. The number of aliphatic hydroxyl groups excluding tert-OH is 1. The predicted octanol–water partition coefficient (Wildman–Crippen LogP) is -0.681. The van der Waals surface area contributed by atoms with Crippen molar-refractivity contribution in [3.05, 3.63) is 0 Å². The minimum Gasteiger partial charge on any atom is -0.396 e. The molecule has 1 N–H and O–H groups in total. The highest BCUT2D eigenvalue weighted by Crippen LogP contribution is 2.34. The van der Waals surface area contributed by atoms with Crippen LogP contribution in [0, 0.1) is 0 Å². The number of nitrogens with zero attached hydrogens (tertiary/aromatic N) is 1. The number of aliphatic hydroxyl groups is 1. The van der Waals surface area contributed by atoms with E-state index in [1.54, 1.807) is 0 Å². The van der Waals surface area contributed by atoms with Crippen LogP contribution < -0.4 is 0 Å². The minimum absolute atomic E-state index is 0.0844. The van der Waals surface area contributed by atoms with Gasteiger partial charge in [-0.15, -0.1) is 0 Å². The topological polar surface area (TPSA) is 74.7 Å². The van der Waals surface area contributed by atoms with Crippen LogP contribution in [0.15, 0.2) is 0 Å². The molecule has 0 aromatic carbocycles. The molecule has 1 fully saturated rings. The average molecular weight is 207 g/mol. The number of hydrogen-bond donors (Lipinski definition) is 1. The Balaban J connectivity index is 2.78. The zero-order chi connectivity index (χ0) is 10.3. The summed E-state index contributed by atoms with van der Waals surface area (Å²) >= 11 is 0. The minimum atomic E-state index is -3.45. The smallest absolute Gasteiger partial charge is 0.258 e. The lowest BCUT2D eigenvalue weighted by molar-refractivity contribution is -0.132. The number of amides is 1. The zero-order valence-corrected chi connectivity index (χ0v) is 8.47. The lowest BCUT2D eigenvalue weighted by atomic mass is 10.2. The average Bonchev–Trinajstić information content (AvgIpc) is 2.04. The summed E-state index contributed by atoms with van der Waals surface area (Å²) in [6.07, 6.45) is 0.293. The lowest BCUT2D eigenvalue weighted by Crippen LogP contribution is -2.67. The molecule has 0 spiro atoms. The van der Waals surface area contributed by atoms with E-state index < -0.39 is 14.8 Å². The first kappa shape index (κ1) is 10.5. The first-order valence-electron chi connectivity index (χ1n) is 4.03. The van der Waals surface area contributed by atoms with Gasteiger partial charge in [0.1, 0.15) is 0 Å². The van der Waals surface area contributed by atoms with Crippen LogP contribution >= 0.6 is 0 Å². The molecule has 1 amide bonds. The fourth-order valence-corrected chi connectivity index (χ4v) is 2.76. The summed E-state index contributed by atoms with van der Waals surface area (Å²) in [5, 5.41) is 8.49. The molecule has 0 aromatic rings. The molecule has 1 aliphatic rings. The van der Waals surface area contributed by atoms with Crippen molar-refractivity contribution in [3.8, 4) is 0 Å². The van der Waals surface area contributed by atoms with Crippen LogP contribution in [-0.4, -0.2) is 41.6 Å². The van der Waals surface area contributed by atoms with E-state index in [9.17, 15) is 13.2 Å². The number of carbonyl (C=O) groups excluding carboxylic acids is 1. The largest absolute Gasteiger partial charge is 0.396 e. The van der Waals surface area contributed by atoms with Gasteiger partial charge in [0, 0.05) is 13.2 Å². The van der Waals surface area contributed by atoms with Crippen molar-refractivity contribution >= 4 is 15.9 Å². The second-order valence-corrected chi connectivity index (χ2v) is 5.88. The summed E-state index contributed by atoms with van der Waals surface area (Å²) in [6, 6.07) is 0. The summed E-state index contributed by atoms with van der Waals surface area (Å²) in [7, 11) is -3.45. The molecule has 1 heterocycles. The molecule has 0 bridgehead atoms. The second-order valence-electron chi connectivity index (χ2n) is 3.47. The summed E-state index contributed by atoms with van der Waals surface area (Å²) < 4.78 is 22.4. The molecule has 5 nitrogen and oxygen atoms in total. The van der Waals surface area contributed by atoms with Crippen LogP contribution in [0.2, 0.25) is 0 Å². The molecule has 0 atom stereocenters. The van der Waals surface area contributed by atoms with Crippen LogP contribution in [0.25, 0.3) is 0 Å². The third kappa shape index (κ3) is 1.24. The third-order valence-corrected chi connectivity index (χ3v) is 4.59. The first-order valence-corrected chi connectivity index (χ1v) is 5.47. The van der Waals surface area contributed by atoms with Crippen molar-refractivity contribution in [2.45, 2.75) is 25.0 Å².